The summed E-state index contributed by atoms with van der Waals surface area (Å²) in [4.78, 5) is 18.3. The zero-order valence-corrected chi connectivity index (χ0v) is 12.7. The Hall–Kier alpha value is -1.24. The van der Waals surface area contributed by atoms with Gasteiger partial charge in [-0.15, -0.1) is 0 Å². The number of rotatable bonds is 3. The third-order valence-electron chi connectivity index (χ3n) is 3.57. The van der Waals surface area contributed by atoms with E-state index in [0.29, 0.717) is 6.54 Å². The average Bonchev–Trinajstić information content (AvgIpc) is 2.47. The molecule has 0 radical (unpaired) electrons. The molecule has 20 heavy (non-hydrogen) atoms. The molecule has 0 N–H and O–H groups in total. The molecule has 1 aliphatic heterocycles. The third kappa shape index (κ3) is 2.92. The van der Waals surface area contributed by atoms with Crippen LogP contribution >= 0.6 is 15.9 Å². The highest BCUT2D eigenvalue weighted by Crippen LogP contribution is 2.17. The van der Waals surface area contributed by atoms with Gasteiger partial charge in [0.25, 0.3) is 0 Å². The van der Waals surface area contributed by atoms with Crippen molar-refractivity contribution >= 4 is 26.8 Å². The minimum atomic E-state index is -0.187. The van der Waals surface area contributed by atoms with Crippen LogP contribution in [-0.4, -0.2) is 47.3 Å². The monoisotopic (exact) mass is 337 g/mol. The zero-order chi connectivity index (χ0) is 13.9. The molecule has 0 saturated carbocycles. The van der Waals surface area contributed by atoms with Crippen molar-refractivity contribution in [2.75, 3.05) is 32.8 Å². The highest BCUT2D eigenvalue weighted by atomic mass is 79.9. The smallest absolute Gasteiger partial charge is 0.348 e. The molecule has 6 heteroatoms. The van der Waals surface area contributed by atoms with Crippen LogP contribution in [0.1, 0.15) is 0 Å². The van der Waals surface area contributed by atoms with E-state index in [1.54, 1.807) is 10.8 Å². The van der Waals surface area contributed by atoms with Crippen LogP contribution in [0.2, 0.25) is 0 Å². The van der Waals surface area contributed by atoms with Gasteiger partial charge in [0, 0.05) is 42.2 Å². The molecule has 106 valence electrons. The van der Waals surface area contributed by atoms with Gasteiger partial charge in [-0.1, -0.05) is 15.9 Å². The molecule has 3 rings (SSSR count). The summed E-state index contributed by atoms with van der Waals surface area (Å²) >= 11 is 3.44. The van der Waals surface area contributed by atoms with Crippen molar-refractivity contribution in [1.82, 2.24) is 14.5 Å². The Morgan fingerprint density at radius 3 is 2.85 bits per heavy atom. The molecule has 0 amide bonds. The lowest BCUT2D eigenvalue weighted by Crippen LogP contribution is -2.39. The molecule has 1 aromatic heterocycles. The number of fused-ring (bicyclic) bond motifs is 1. The molecule has 1 aliphatic rings. The molecule has 1 aromatic carbocycles. The van der Waals surface area contributed by atoms with E-state index in [4.69, 9.17) is 4.74 Å². The number of morpholine rings is 1. The molecule has 1 saturated heterocycles. The number of aromatic nitrogens is 2. The fraction of sp³-hybridized carbons (Fsp3) is 0.429. The Kier molecular flexibility index (Phi) is 4.14. The highest BCUT2D eigenvalue weighted by Gasteiger charge is 2.11. The first-order chi connectivity index (χ1) is 9.74. The summed E-state index contributed by atoms with van der Waals surface area (Å²) in [5.74, 6) is 0. The minimum absolute atomic E-state index is 0.187. The fourth-order valence-corrected chi connectivity index (χ4v) is 2.83. The SMILES string of the molecule is O=c1ncc2cc(Br)ccc2n1CCN1CCOCC1. The van der Waals surface area contributed by atoms with Crippen molar-refractivity contribution in [3.8, 4) is 0 Å². The van der Waals surface area contributed by atoms with Crippen LogP contribution in [0.15, 0.2) is 33.7 Å². The van der Waals surface area contributed by atoms with Gasteiger partial charge >= 0.3 is 5.69 Å². The summed E-state index contributed by atoms with van der Waals surface area (Å²) in [6.45, 7) is 4.91. The summed E-state index contributed by atoms with van der Waals surface area (Å²) in [5.41, 5.74) is 0.745. The Morgan fingerprint density at radius 2 is 2.05 bits per heavy atom. The Bertz CT molecular complexity index is 665. The second-order valence-corrected chi connectivity index (χ2v) is 5.77. The maximum Gasteiger partial charge on any atom is 0.348 e. The van der Waals surface area contributed by atoms with Crippen LogP contribution in [-0.2, 0) is 11.3 Å². The van der Waals surface area contributed by atoms with Crippen molar-refractivity contribution in [1.29, 1.82) is 0 Å². The van der Waals surface area contributed by atoms with Gasteiger partial charge in [0.2, 0.25) is 0 Å². The van der Waals surface area contributed by atoms with Gasteiger partial charge in [-0.3, -0.25) is 9.47 Å². The molecule has 5 nitrogen and oxygen atoms in total. The largest absolute Gasteiger partial charge is 0.379 e. The van der Waals surface area contributed by atoms with Gasteiger partial charge in [-0.25, -0.2) is 9.78 Å². The number of benzene rings is 1. The maximum atomic E-state index is 12.0. The van der Waals surface area contributed by atoms with Gasteiger partial charge in [0.15, 0.2) is 0 Å². The summed E-state index contributed by atoms with van der Waals surface area (Å²) < 4.78 is 8.07. The van der Waals surface area contributed by atoms with Crippen molar-refractivity contribution in [2.24, 2.45) is 0 Å². The molecule has 2 aromatic rings. The Labute approximate surface area is 125 Å². The fourth-order valence-electron chi connectivity index (χ4n) is 2.45. The predicted molar refractivity (Wildman–Crippen MR) is 81.0 cm³/mol. The molecule has 0 atom stereocenters. The standard InChI is InChI=1S/C14H16BrN3O2/c15-12-1-2-13-11(9-12)10-16-14(19)18(13)4-3-17-5-7-20-8-6-17/h1-2,9-10H,3-8H2. The number of halogens is 1. The molecular formula is C14H16BrN3O2. The van der Waals surface area contributed by atoms with Gasteiger partial charge in [0.05, 0.1) is 18.7 Å². The third-order valence-corrected chi connectivity index (χ3v) is 4.06. The van der Waals surface area contributed by atoms with Gasteiger partial charge in [-0.2, -0.15) is 0 Å². The van der Waals surface area contributed by atoms with Crippen LogP contribution in [0.5, 0.6) is 0 Å². The first-order valence-electron chi connectivity index (χ1n) is 6.69. The highest BCUT2D eigenvalue weighted by molar-refractivity contribution is 9.10. The van der Waals surface area contributed by atoms with E-state index >= 15 is 0 Å². The maximum absolute atomic E-state index is 12.0. The van der Waals surface area contributed by atoms with Crippen LogP contribution in [0.3, 0.4) is 0 Å². The Balaban J connectivity index is 1.86. The van der Waals surface area contributed by atoms with E-state index in [1.165, 1.54) is 0 Å². The van der Waals surface area contributed by atoms with E-state index in [0.717, 1.165) is 48.2 Å². The lowest BCUT2D eigenvalue weighted by atomic mass is 10.2. The molecular weight excluding hydrogens is 322 g/mol. The van der Waals surface area contributed by atoms with Crippen LogP contribution in [0.25, 0.3) is 10.9 Å². The first kappa shape index (κ1) is 13.7. The molecule has 0 unspecified atom stereocenters. The normalized spacial score (nSPS) is 16.6. The second kappa shape index (κ2) is 6.03. The number of hydrogen-bond donors (Lipinski definition) is 0. The van der Waals surface area contributed by atoms with Crippen molar-refractivity contribution in [3.63, 3.8) is 0 Å². The Morgan fingerprint density at radius 1 is 1.25 bits per heavy atom. The number of nitrogens with zero attached hydrogens (tertiary/aromatic N) is 3. The number of hydrogen-bond acceptors (Lipinski definition) is 4. The van der Waals surface area contributed by atoms with Gasteiger partial charge in [-0.05, 0) is 18.2 Å². The van der Waals surface area contributed by atoms with Crippen LogP contribution < -0.4 is 5.69 Å². The average molecular weight is 338 g/mol. The molecule has 0 spiro atoms. The predicted octanol–water partition coefficient (Wildman–Crippen LogP) is 1.49. The molecule has 1 fully saturated rings. The van der Waals surface area contributed by atoms with Crippen molar-refractivity contribution in [3.05, 3.63) is 39.4 Å². The molecule has 2 heterocycles. The zero-order valence-electron chi connectivity index (χ0n) is 11.1. The van der Waals surface area contributed by atoms with E-state index < -0.39 is 0 Å². The van der Waals surface area contributed by atoms with Crippen molar-refractivity contribution in [2.45, 2.75) is 6.54 Å². The topological polar surface area (TPSA) is 47.4 Å². The summed E-state index contributed by atoms with van der Waals surface area (Å²) in [5, 5.41) is 0.973. The van der Waals surface area contributed by atoms with Crippen molar-refractivity contribution < 1.29 is 4.74 Å². The van der Waals surface area contributed by atoms with E-state index in [1.807, 2.05) is 18.2 Å². The van der Waals surface area contributed by atoms with E-state index in [2.05, 4.69) is 25.8 Å². The lowest BCUT2D eigenvalue weighted by molar-refractivity contribution is 0.0364. The first-order valence-corrected chi connectivity index (χ1v) is 7.48. The van der Waals surface area contributed by atoms with Crippen LogP contribution in [0, 0.1) is 0 Å². The van der Waals surface area contributed by atoms with E-state index in [9.17, 15) is 4.79 Å². The molecule has 0 aliphatic carbocycles. The molecule has 0 bridgehead atoms. The number of ether oxygens (including phenoxy) is 1. The summed E-state index contributed by atoms with van der Waals surface area (Å²) in [6, 6.07) is 5.89. The van der Waals surface area contributed by atoms with E-state index in [-0.39, 0.29) is 5.69 Å². The summed E-state index contributed by atoms with van der Waals surface area (Å²) in [7, 11) is 0. The lowest BCUT2D eigenvalue weighted by Gasteiger charge is -2.26. The second-order valence-electron chi connectivity index (χ2n) is 4.85. The quantitative estimate of drug-likeness (QED) is 0.851. The van der Waals surface area contributed by atoms with Gasteiger partial charge < -0.3 is 4.74 Å². The summed E-state index contributed by atoms with van der Waals surface area (Å²) in [6.07, 6.45) is 1.63. The van der Waals surface area contributed by atoms with Gasteiger partial charge in [0.1, 0.15) is 0 Å². The minimum Gasteiger partial charge on any atom is -0.379 e. The van der Waals surface area contributed by atoms with Crippen LogP contribution in [0.4, 0.5) is 0 Å².